The van der Waals surface area contributed by atoms with Crippen molar-refractivity contribution in [3.63, 3.8) is 0 Å². The first-order chi connectivity index (χ1) is 8.96. The zero-order chi connectivity index (χ0) is 14.6. The molecule has 1 rings (SSSR count). The van der Waals surface area contributed by atoms with Crippen LogP contribution in [0.25, 0.3) is 0 Å². The summed E-state index contributed by atoms with van der Waals surface area (Å²) in [4.78, 5) is 2.27. The summed E-state index contributed by atoms with van der Waals surface area (Å²) < 4.78 is 5.45. The zero-order valence-electron chi connectivity index (χ0n) is 13.2. The van der Waals surface area contributed by atoms with Gasteiger partial charge < -0.3 is 15.4 Å². The maximum absolute atomic E-state index is 5.94. The number of nitrogens with two attached hydrogens (primary N) is 1. The normalized spacial score (nSPS) is 14.5. The molecule has 1 aromatic rings. The molecule has 0 bridgehead atoms. The van der Waals surface area contributed by atoms with Crippen molar-refractivity contribution in [3.05, 3.63) is 28.8 Å². The lowest BCUT2D eigenvalue weighted by molar-refractivity contribution is 0.210. The van der Waals surface area contributed by atoms with Crippen LogP contribution in [0.1, 0.15) is 36.1 Å². The van der Waals surface area contributed by atoms with Crippen molar-refractivity contribution in [1.29, 1.82) is 0 Å². The SMILES string of the molecule is CCC(CN)C(c1cc(C)c(OC)c(C)c1)N(C)C. The first-order valence-electron chi connectivity index (χ1n) is 6.97. The second kappa shape index (κ2) is 6.92. The molecular formula is C16H28N2O. The molecule has 0 amide bonds. The van der Waals surface area contributed by atoms with E-state index >= 15 is 0 Å². The first kappa shape index (κ1) is 16.0. The van der Waals surface area contributed by atoms with Crippen LogP contribution in [0.15, 0.2) is 12.1 Å². The van der Waals surface area contributed by atoms with Crippen LogP contribution in [-0.2, 0) is 0 Å². The van der Waals surface area contributed by atoms with Crippen LogP contribution in [0.2, 0.25) is 0 Å². The van der Waals surface area contributed by atoms with Crippen LogP contribution >= 0.6 is 0 Å². The Bertz CT molecular complexity index is 388. The summed E-state index contributed by atoms with van der Waals surface area (Å²) in [5.41, 5.74) is 9.65. The lowest BCUT2D eigenvalue weighted by atomic mass is 9.88. The molecule has 0 spiro atoms. The standard InChI is InChI=1S/C16H28N2O/c1-7-13(10-17)15(18(4)5)14-8-11(2)16(19-6)12(3)9-14/h8-9,13,15H,7,10,17H2,1-6H3. The zero-order valence-corrected chi connectivity index (χ0v) is 13.2. The fraction of sp³-hybridized carbons (Fsp3) is 0.625. The molecule has 0 saturated heterocycles. The topological polar surface area (TPSA) is 38.5 Å². The van der Waals surface area contributed by atoms with Crippen molar-refractivity contribution < 1.29 is 4.74 Å². The summed E-state index contributed by atoms with van der Waals surface area (Å²) in [5, 5.41) is 0. The van der Waals surface area contributed by atoms with Crippen LogP contribution in [0, 0.1) is 19.8 Å². The number of hydrogen-bond acceptors (Lipinski definition) is 3. The van der Waals surface area contributed by atoms with Gasteiger partial charge in [-0.2, -0.15) is 0 Å². The Kier molecular flexibility index (Phi) is 5.83. The summed E-state index contributed by atoms with van der Waals surface area (Å²) in [6.45, 7) is 7.12. The first-order valence-corrected chi connectivity index (χ1v) is 6.97. The van der Waals surface area contributed by atoms with Gasteiger partial charge in [0.2, 0.25) is 0 Å². The van der Waals surface area contributed by atoms with Crippen LogP contribution in [0.3, 0.4) is 0 Å². The van der Waals surface area contributed by atoms with E-state index in [0.29, 0.717) is 18.5 Å². The largest absolute Gasteiger partial charge is 0.496 e. The lowest BCUT2D eigenvalue weighted by Gasteiger charge is -2.32. The van der Waals surface area contributed by atoms with Gasteiger partial charge in [0.15, 0.2) is 0 Å². The predicted molar refractivity (Wildman–Crippen MR) is 81.7 cm³/mol. The molecule has 0 fully saturated rings. The van der Waals surface area contributed by atoms with Gasteiger partial charge in [-0.3, -0.25) is 0 Å². The van der Waals surface area contributed by atoms with Crippen molar-refractivity contribution in [3.8, 4) is 5.75 Å². The molecule has 0 aliphatic rings. The molecule has 0 aromatic heterocycles. The van der Waals surface area contributed by atoms with E-state index in [2.05, 4.69) is 51.9 Å². The second-order valence-electron chi connectivity index (χ2n) is 5.50. The average molecular weight is 264 g/mol. The van der Waals surface area contributed by atoms with Gasteiger partial charge in [-0.05, 0) is 57.1 Å². The van der Waals surface area contributed by atoms with Crippen LogP contribution in [-0.4, -0.2) is 32.6 Å². The highest BCUT2D eigenvalue weighted by atomic mass is 16.5. The molecule has 0 aliphatic heterocycles. The van der Waals surface area contributed by atoms with Gasteiger partial charge in [0.1, 0.15) is 5.75 Å². The van der Waals surface area contributed by atoms with E-state index in [1.807, 2.05) is 0 Å². The monoisotopic (exact) mass is 264 g/mol. The van der Waals surface area contributed by atoms with Gasteiger partial charge in [0.05, 0.1) is 7.11 Å². The van der Waals surface area contributed by atoms with Crippen molar-refractivity contribution >= 4 is 0 Å². The van der Waals surface area contributed by atoms with E-state index in [1.165, 1.54) is 16.7 Å². The molecule has 0 saturated carbocycles. The van der Waals surface area contributed by atoms with Crippen molar-refractivity contribution in [1.82, 2.24) is 4.90 Å². The van der Waals surface area contributed by atoms with Crippen LogP contribution in [0.4, 0.5) is 0 Å². The average Bonchev–Trinajstić information content (AvgIpc) is 2.34. The number of ether oxygens (including phenoxy) is 1. The highest BCUT2D eigenvalue weighted by Gasteiger charge is 2.24. The van der Waals surface area contributed by atoms with Gasteiger partial charge in [-0.25, -0.2) is 0 Å². The minimum absolute atomic E-state index is 0.360. The third-order valence-corrected chi connectivity index (χ3v) is 3.86. The minimum Gasteiger partial charge on any atom is -0.496 e. The molecule has 1 aromatic carbocycles. The molecule has 3 heteroatoms. The fourth-order valence-electron chi connectivity index (χ4n) is 2.99. The van der Waals surface area contributed by atoms with Crippen LogP contribution in [0.5, 0.6) is 5.75 Å². The van der Waals surface area contributed by atoms with Crippen LogP contribution < -0.4 is 10.5 Å². The number of methoxy groups -OCH3 is 1. The predicted octanol–water partition coefficient (Wildman–Crippen LogP) is 2.90. The number of hydrogen-bond donors (Lipinski definition) is 1. The highest BCUT2D eigenvalue weighted by molar-refractivity contribution is 5.44. The Labute approximate surface area is 117 Å². The number of nitrogens with zero attached hydrogens (tertiary/aromatic N) is 1. The molecule has 0 heterocycles. The van der Waals surface area contributed by atoms with E-state index < -0.39 is 0 Å². The van der Waals surface area contributed by atoms with Gasteiger partial charge in [-0.15, -0.1) is 0 Å². The molecule has 0 aliphatic carbocycles. The highest BCUT2D eigenvalue weighted by Crippen LogP contribution is 2.33. The molecule has 19 heavy (non-hydrogen) atoms. The molecule has 0 radical (unpaired) electrons. The summed E-state index contributed by atoms with van der Waals surface area (Å²) in [6.07, 6.45) is 1.09. The van der Waals surface area contributed by atoms with E-state index in [0.717, 1.165) is 12.2 Å². The maximum atomic E-state index is 5.94. The number of aryl methyl sites for hydroxylation is 2. The minimum atomic E-state index is 0.360. The summed E-state index contributed by atoms with van der Waals surface area (Å²) in [7, 11) is 5.98. The Morgan fingerprint density at radius 2 is 1.74 bits per heavy atom. The van der Waals surface area contributed by atoms with Crippen molar-refractivity contribution in [2.24, 2.45) is 11.7 Å². The molecule has 2 unspecified atom stereocenters. The Balaban J connectivity index is 3.24. The molecular weight excluding hydrogens is 236 g/mol. The van der Waals surface area contributed by atoms with E-state index in [1.54, 1.807) is 7.11 Å². The lowest BCUT2D eigenvalue weighted by Crippen LogP contribution is -2.31. The third-order valence-electron chi connectivity index (χ3n) is 3.86. The van der Waals surface area contributed by atoms with Gasteiger partial charge in [0.25, 0.3) is 0 Å². The van der Waals surface area contributed by atoms with Crippen molar-refractivity contribution in [2.75, 3.05) is 27.7 Å². The van der Waals surface area contributed by atoms with E-state index in [4.69, 9.17) is 10.5 Å². The van der Waals surface area contributed by atoms with Crippen molar-refractivity contribution in [2.45, 2.75) is 33.2 Å². The third kappa shape index (κ3) is 3.48. The van der Waals surface area contributed by atoms with Gasteiger partial charge in [0, 0.05) is 6.04 Å². The maximum Gasteiger partial charge on any atom is 0.124 e. The smallest absolute Gasteiger partial charge is 0.124 e. The fourth-order valence-corrected chi connectivity index (χ4v) is 2.99. The van der Waals surface area contributed by atoms with Gasteiger partial charge in [-0.1, -0.05) is 25.5 Å². The summed E-state index contributed by atoms with van der Waals surface area (Å²) >= 11 is 0. The Hall–Kier alpha value is -1.06. The van der Waals surface area contributed by atoms with E-state index in [-0.39, 0.29) is 0 Å². The van der Waals surface area contributed by atoms with E-state index in [9.17, 15) is 0 Å². The molecule has 2 atom stereocenters. The second-order valence-corrected chi connectivity index (χ2v) is 5.50. The number of rotatable bonds is 6. The molecule has 108 valence electrons. The molecule has 3 nitrogen and oxygen atoms in total. The summed E-state index contributed by atoms with van der Waals surface area (Å²) in [6, 6.07) is 4.82. The Morgan fingerprint density at radius 3 is 2.05 bits per heavy atom. The number of benzene rings is 1. The van der Waals surface area contributed by atoms with Gasteiger partial charge >= 0.3 is 0 Å². The summed E-state index contributed by atoms with van der Waals surface area (Å²) in [5.74, 6) is 1.46. The Morgan fingerprint density at radius 1 is 1.21 bits per heavy atom. The quantitative estimate of drug-likeness (QED) is 0.858. The molecule has 2 N–H and O–H groups in total.